The van der Waals surface area contributed by atoms with Gasteiger partial charge < -0.3 is 10.6 Å². The van der Waals surface area contributed by atoms with E-state index in [2.05, 4.69) is 10.6 Å². The summed E-state index contributed by atoms with van der Waals surface area (Å²) in [6.45, 7) is 3.24. The first kappa shape index (κ1) is 15.7. The maximum atomic E-state index is 12.0. The van der Waals surface area contributed by atoms with Crippen LogP contribution < -0.4 is 10.6 Å². The average molecular weight is 283 g/mol. The summed E-state index contributed by atoms with van der Waals surface area (Å²) in [6.07, 6.45) is 1.96. The van der Waals surface area contributed by atoms with E-state index in [1.807, 2.05) is 0 Å². The van der Waals surface area contributed by atoms with Gasteiger partial charge in [-0.15, -0.1) is 12.4 Å². The van der Waals surface area contributed by atoms with Crippen LogP contribution in [0.3, 0.4) is 0 Å². The molecule has 5 heteroatoms. The molecular formula is C14H19ClN2O2. The number of Topliss-reactive ketones (excluding diaryl/α,β-unsaturated/α-hetero) is 1. The summed E-state index contributed by atoms with van der Waals surface area (Å²) in [7, 11) is 0. The Morgan fingerprint density at radius 3 is 2.79 bits per heavy atom. The van der Waals surface area contributed by atoms with E-state index in [1.165, 1.54) is 6.92 Å². The molecule has 1 saturated heterocycles. The number of hydrogen-bond donors (Lipinski definition) is 2. The molecule has 1 fully saturated rings. The Morgan fingerprint density at radius 2 is 2.16 bits per heavy atom. The van der Waals surface area contributed by atoms with Gasteiger partial charge in [-0.1, -0.05) is 12.1 Å². The first-order valence-corrected chi connectivity index (χ1v) is 6.29. The second-order valence-corrected chi connectivity index (χ2v) is 4.67. The van der Waals surface area contributed by atoms with Crippen molar-refractivity contribution in [1.82, 2.24) is 5.32 Å². The van der Waals surface area contributed by atoms with Gasteiger partial charge >= 0.3 is 0 Å². The molecule has 0 bridgehead atoms. The third kappa shape index (κ3) is 4.33. The van der Waals surface area contributed by atoms with Crippen LogP contribution in [0.2, 0.25) is 0 Å². The molecule has 1 atom stereocenters. The van der Waals surface area contributed by atoms with Crippen LogP contribution in [-0.4, -0.2) is 24.8 Å². The van der Waals surface area contributed by atoms with Gasteiger partial charge in [0.2, 0.25) is 5.91 Å². The van der Waals surface area contributed by atoms with Gasteiger partial charge in [-0.3, -0.25) is 9.59 Å². The SMILES string of the molecule is CC(=O)c1cccc(NC(=O)C2CCCNC2)c1.Cl. The summed E-state index contributed by atoms with van der Waals surface area (Å²) in [5.41, 5.74) is 1.31. The molecule has 0 radical (unpaired) electrons. The van der Waals surface area contributed by atoms with Crippen molar-refractivity contribution in [2.24, 2.45) is 5.92 Å². The average Bonchev–Trinajstić information content (AvgIpc) is 2.40. The molecule has 19 heavy (non-hydrogen) atoms. The maximum absolute atomic E-state index is 12.0. The molecule has 0 spiro atoms. The number of nitrogens with one attached hydrogen (secondary N) is 2. The number of benzene rings is 1. The molecule has 4 nitrogen and oxygen atoms in total. The van der Waals surface area contributed by atoms with E-state index in [-0.39, 0.29) is 30.0 Å². The number of halogens is 1. The lowest BCUT2D eigenvalue weighted by atomic mass is 9.98. The number of anilines is 1. The first-order chi connectivity index (χ1) is 8.66. The molecule has 1 aromatic carbocycles. The van der Waals surface area contributed by atoms with E-state index in [4.69, 9.17) is 0 Å². The van der Waals surface area contributed by atoms with Gasteiger partial charge in [0, 0.05) is 17.8 Å². The van der Waals surface area contributed by atoms with Crippen molar-refractivity contribution in [2.45, 2.75) is 19.8 Å². The summed E-state index contributed by atoms with van der Waals surface area (Å²) >= 11 is 0. The first-order valence-electron chi connectivity index (χ1n) is 6.29. The highest BCUT2D eigenvalue weighted by Crippen LogP contribution is 2.15. The molecule has 1 aliphatic rings. The van der Waals surface area contributed by atoms with Crippen LogP contribution in [0.5, 0.6) is 0 Å². The van der Waals surface area contributed by atoms with Crippen LogP contribution in [0.1, 0.15) is 30.1 Å². The molecule has 0 saturated carbocycles. The summed E-state index contributed by atoms with van der Waals surface area (Å²) in [6, 6.07) is 7.06. The maximum Gasteiger partial charge on any atom is 0.228 e. The van der Waals surface area contributed by atoms with Gasteiger partial charge in [0.1, 0.15) is 0 Å². The minimum absolute atomic E-state index is 0. The van der Waals surface area contributed by atoms with Crippen molar-refractivity contribution in [3.63, 3.8) is 0 Å². The summed E-state index contributed by atoms with van der Waals surface area (Å²) in [4.78, 5) is 23.3. The van der Waals surface area contributed by atoms with E-state index in [0.29, 0.717) is 11.3 Å². The predicted molar refractivity (Wildman–Crippen MR) is 77.9 cm³/mol. The highest BCUT2D eigenvalue weighted by atomic mass is 35.5. The molecule has 104 valence electrons. The molecule has 1 unspecified atom stereocenters. The monoisotopic (exact) mass is 282 g/mol. The van der Waals surface area contributed by atoms with E-state index in [1.54, 1.807) is 24.3 Å². The molecule has 2 N–H and O–H groups in total. The Kier molecular flexibility index (Phi) is 5.99. The third-order valence-corrected chi connectivity index (χ3v) is 3.20. The van der Waals surface area contributed by atoms with Crippen molar-refractivity contribution < 1.29 is 9.59 Å². The Labute approximate surface area is 119 Å². The molecule has 1 aromatic rings. The number of carbonyl (C=O) groups excluding carboxylic acids is 2. The number of rotatable bonds is 3. The fraction of sp³-hybridized carbons (Fsp3) is 0.429. The van der Waals surface area contributed by atoms with Gasteiger partial charge in [0.15, 0.2) is 5.78 Å². The van der Waals surface area contributed by atoms with Crippen LogP contribution in [0.4, 0.5) is 5.69 Å². The zero-order chi connectivity index (χ0) is 13.0. The number of hydrogen-bond acceptors (Lipinski definition) is 3. The van der Waals surface area contributed by atoms with Crippen molar-refractivity contribution in [2.75, 3.05) is 18.4 Å². The van der Waals surface area contributed by atoms with Crippen molar-refractivity contribution >= 4 is 29.8 Å². The van der Waals surface area contributed by atoms with E-state index in [0.717, 1.165) is 25.9 Å². The predicted octanol–water partition coefficient (Wildman–Crippen LogP) is 2.25. The van der Waals surface area contributed by atoms with Crippen LogP contribution >= 0.6 is 12.4 Å². The largest absolute Gasteiger partial charge is 0.326 e. The van der Waals surface area contributed by atoms with E-state index >= 15 is 0 Å². The fourth-order valence-corrected chi connectivity index (χ4v) is 2.14. The fourth-order valence-electron chi connectivity index (χ4n) is 2.14. The summed E-state index contributed by atoms with van der Waals surface area (Å²) < 4.78 is 0. The molecule has 1 heterocycles. The molecule has 1 aliphatic heterocycles. The number of carbonyl (C=O) groups is 2. The third-order valence-electron chi connectivity index (χ3n) is 3.20. The van der Waals surface area contributed by atoms with Gasteiger partial charge in [-0.05, 0) is 38.4 Å². The van der Waals surface area contributed by atoms with Crippen LogP contribution in [0, 0.1) is 5.92 Å². The molecule has 0 aromatic heterocycles. The summed E-state index contributed by atoms with van der Waals surface area (Å²) in [5.74, 6) is 0.0630. The quantitative estimate of drug-likeness (QED) is 0.836. The molecular weight excluding hydrogens is 264 g/mol. The van der Waals surface area contributed by atoms with Gasteiger partial charge in [-0.25, -0.2) is 0 Å². The van der Waals surface area contributed by atoms with E-state index in [9.17, 15) is 9.59 Å². The second-order valence-electron chi connectivity index (χ2n) is 4.67. The summed E-state index contributed by atoms with van der Waals surface area (Å²) in [5, 5.41) is 6.09. The normalized spacial score (nSPS) is 18.3. The zero-order valence-corrected chi connectivity index (χ0v) is 11.8. The lowest BCUT2D eigenvalue weighted by Crippen LogP contribution is -2.37. The molecule has 2 rings (SSSR count). The smallest absolute Gasteiger partial charge is 0.228 e. The Balaban J connectivity index is 0.00000180. The lowest BCUT2D eigenvalue weighted by molar-refractivity contribution is -0.120. The minimum Gasteiger partial charge on any atom is -0.326 e. The number of ketones is 1. The highest BCUT2D eigenvalue weighted by molar-refractivity contribution is 5.97. The van der Waals surface area contributed by atoms with Crippen LogP contribution in [0.25, 0.3) is 0 Å². The van der Waals surface area contributed by atoms with Gasteiger partial charge in [0.25, 0.3) is 0 Å². The zero-order valence-electron chi connectivity index (χ0n) is 10.9. The minimum atomic E-state index is 0. The van der Waals surface area contributed by atoms with Crippen LogP contribution in [-0.2, 0) is 4.79 Å². The lowest BCUT2D eigenvalue weighted by Gasteiger charge is -2.21. The van der Waals surface area contributed by atoms with E-state index < -0.39 is 0 Å². The second kappa shape index (κ2) is 7.26. The number of piperidine rings is 1. The standard InChI is InChI=1S/C14H18N2O2.ClH/c1-10(17)11-4-2-6-13(8-11)16-14(18)12-5-3-7-15-9-12;/h2,4,6,8,12,15H,3,5,7,9H2,1H3,(H,16,18);1H. The molecule has 0 aliphatic carbocycles. The topological polar surface area (TPSA) is 58.2 Å². The van der Waals surface area contributed by atoms with Crippen molar-refractivity contribution in [3.05, 3.63) is 29.8 Å². The van der Waals surface area contributed by atoms with Gasteiger partial charge in [0.05, 0.1) is 5.92 Å². The Morgan fingerprint density at radius 1 is 1.37 bits per heavy atom. The number of amides is 1. The molecule has 1 amide bonds. The Bertz CT molecular complexity index is 457. The highest BCUT2D eigenvalue weighted by Gasteiger charge is 2.20. The van der Waals surface area contributed by atoms with Crippen molar-refractivity contribution in [3.8, 4) is 0 Å². The van der Waals surface area contributed by atoms with Crippen LogP contribution in [0.15, 0.2) is 24.3 Å². The van der Waals surface area contributed by atoms with Gasteiger partial charge in [-0.2, -0.15) is 0 Å². The van der Waals surface area contributed by atoms with Crippen molar-refractivity contribution in [1.29, 1.82) is 0 Å². The Hall–Kier alpha value is -1.39.